The molecule has 4 rings (SSSR count). The number of carbonyl (C=O) groups is 1. The summed E-state index contributed by atoms with van der Waals surface area (Å²) in [6.07, 6.45) is -6.36. The van der Waals surface area contributed by atoms with Crippen LogP contribution in [-0.4, -0.2) is 68.4 Å². The Morgan fingerprint density at radius 3 is 2.94 bits per heavy atom. The van der Waals surface area contributed by atoms with E-state index in [0.29, 0.717) is 0 Å². The predicted molar refractivity (Wildman–Crippen MR) is 109 cm³/mol. The molecule has 3 aromatic rings. The molecule has 15 heteroatoms. The van der Waals surface area contributed by atoms with Crippen LogP contribution in [0.5, 0.6) is 5.88 Å². The molecule has 34 heavy (non-hydrogen) atoms. The van der Waals surface area contributed by atoms with Crippen molar-refractivity contribution in [1.29, 1.82) is 0 Å². The molecule has 0 bridgehead atoms. The van der Waals surface area contributed by atoms with Crippen LogP contribution in [0.15, 0.2) is 24.5 Å². The highest BCUT2D eigenvalue weighted by Crippen LogP contribution is 2.33. The van der Waals surface area contributed by atoms with Crippen LogP contribution in [0, 0.1) is 0 Å². The van der Waals surface area contributed by atoms with Gasteiger partial charge in [0.15, 0.2) is 24.7 Å². The summed E-state index contributed by atoms with van der Waals surface area (Å²) in [6, 6.07) is 2.80. The molecule has 3 atom stereocenters. The number of rotatable bonds is 7. The van der Waals surface area contributed by atoms with Gasteiger partial charge in [-0.3, -0.25) is 9.50 Å². The van der Waals surface area contributed by atoms with Crippen molar-refractivity contribution in [1.82, 2.24) is 29.9 Å². The third kappa shape index (κ3) is 5.47. The molecule has 3 aromatic heterocycles. The molecular formula is C19H21F4N7O4. The van der Waals surface area contributed by atoms with E-state index in [1.807, 2.05) is 0 Å². The van der Waals surface area contributed by atoms with Crippen molar-refractivity contribution in [3.63, 3.8) is 0 Å². The van der Waals surface area contributed by atoms with Crippen LogP contribution >= 0.6 is 0 Å². The summed E-state index contributed by atoms with van der Waals surface area (Å²) in [4.78, 5) is 19.8. The van der Waals surface area contributed by atoms with Gasteiger partial charge in [0.1, 0.15) is 11.8 Å². The van der Waals surface area contributed by atoms with Crippen LogP contribution < -0.4 is 15.4 Å². The Bertz CT molecular complexity index is 1150. The lowest BCUT2D eigenvalue weighted by molar-refractivity contribution is -0.154. The van der Waals surface area contributed by atoms with Gasteiger partial charge in [-0.05, 0) is 19.9 Å². The number of imidazole rings is 1. The smallest absolute Gasteiger partial charge is 0.422 e. The average molecular weight is 487 g/mol. The van der Waals surface area contributed by atoms with Gasteiger partial charge in [0.05, 0.1) is 18.5 Å². The van der Waals surface area contributed by atoms with Crippen molar-refractivity contribution in [2.75, 3.05) is 18.5 Å². The van der Waals surface area contributed by atoms with Gasteiger partial charge in [-0.25, -0.2) is 14.2 Å². The summed E-state index contributed by atoms with van der Waals surface area (Å²) in [7, 11) is 0. The molecule has 1 aliphatic rings. The molecule has 0 spiro atoms. The van der Waals surface area contributed by atoms with Gasteiger partial charge >= 0.3 is 12.3 Å². The molecule has 4 heterocycles. The Morgan fingerprint density at radius 1 is 1.41 bits per heavy atom. The molecule has 0 aromatic carbocycles. The van der Waals surface area contributed by atoms with E-state index >= 15 is 0 Å². The normalized spacial score (nSPS) is 20.6. The van der Waals surface area contributed by atoms with E-state index in [2.05, 4.69) is 35.5 Å². The zero-order chi connectivity index (χ0) is 24.5. The molecule has 0 radical (unpaired) electrons. The van der Waals surface area contributed by atoms with Crippen molar-refractivity contribution >= 4 is 23.5 Å². The number of carbonyl (C=O) groups excluding carboxylic acids is 1. The molecule has 1 amide bonds. The second-order valence-electron chi connectivity index (χ2n) is 7.75. The number of hydrogen-bond acceptors (Lipinski definition) is 8. The maximum atomic E-state index is 14.8. The molecule has 1 fully saturated rings. The number of nitrogens with zero attached hydrogens (tertiary/aromatic N) is 4. The highest BCUT2D eigenvalue weighted by atomic mass is 19.4. The Morgan fingerprint density at radius 2 is 2.21 bits per heavy atom. The standard InChI is InChI=1S/C19H21F4N7O4/c1-9(2)25-18(31)34-11-7-32-16(15(11)20)10-5-12(29-28-10)26-17-24-4-3-13-27-14(6-30(13)17)33-8-19(21,22)23/h3-6,9,11,15-16H,7-8H2,1-2H3,(H,25,31)(H2,24,26,28,29)/t11-,15-,16-/m0/s1. The van der Waals surface area contributed by atoms with Gasteiger partial charge in [0.2, 0.25) is 11.8 Å². The first-order chi connectivity index (χ1) is 16.1. The number of halogens is 4. The van der Waals surface area contributed by atoms with E-state index in [-0.39, 0.29) is 41.6 Å². The number of aromatic amines is 1. The first kappa shape index (κ1) is 23.5. The summed E-state index contributed by atoms with van der Waals surface area (Å²) in [5.74, 6) is 0.183. The van der Waals surface area contributed by atoms with E-state index in [9.17, 15) is 22.4 Å². The summed E-state index contributed by atoms with van der Waals surface area (Å²) >= 11 is 0. The monoisotopic (exact) mass is 487 g/mol. The number of alkyl carbamates (subject to hydrolysis) is 1. The fraction of sp³-hybridized carbons (Fsp3) is 0.474. The van der Waals surface area contributed by atoms with Crippen LogP contribution in [0.4, 0.5) is 34.1 Å². The minimum atomic E-state index is -4.50. The molecule has 11 nitrogen and oxygen atoms in total. The maximum absolute atomic E-state index is 14.8. The van der Waals surface area contributed by atoms with E-state index < -0.39 is 37.3 Å². The van der Waals surface area contributed by atoms with Crippen molar-refractivity contribution in [2.45, 2.75) is 44.4 Å². The van der Waals surface area contributed by atoms with Gasteiger partial charge in [0.25, 0.3) is 0 Å². The van der Waals surface area contributed by atoms with E-state index in [1.54, 1.807) is 13.8 Å². The van der Waals surface area contributed by atoms with Gasteiger partial charge in [0, 0.05) is 18.3 Å². The lowest BCUT2D eigenvalue weighted by atomic mass is 10.1. The molecule has 184 valence electrons. The van der Waals surface area contributed by atoms with Crippen molar-refractivity contribution < 1.29 is 36.6 Å². The molecule has 1 aliphatic heterocycles. The molecule has 3 N–H and O–H groups in total. The Kier molecular flexibility index (Phi) is 6.45. The fourth-order valence-corrected chi connectivity index (χ4v) is 3.22. The number of fused-ring (bicyclic) bond motifs is 1. The largest absolute Gasteiger partial charge is 0.467 e. The van der Waals surface area contributed by atoms with Crippen molar-refractivity contribution in [2.24, 2.45) is 0 Å². The molecule has 0 saturated carbocycles. The number of aromatic nitrogens is 5. The zero-order valence-electron chi connectivity index (χ0n) is 18.0. The van der Waals surface area contributed by atoms with Gasteiger partial charge < -0.3 is 24.8 Å². The number of ether oxygens (including phenoxy) is 3. The molecule has 1 saturated heterocycles. The number of amides is 1. The lowest BCUT2D eigenvalue weighted by Crippen LogP contribution is -2.36. The first-order valence-electron chi connectivity index (χ1n) is 10.2. The summed E-state index contributed by atoms with van der Waals surface area (Å²) in [6.45, 7) is 1.88. The highest BCUT2D eigenvalue weighted by Gasteiger charge is 2.42. The number of H-pyrrole nitrogens is 1. The second kappa shape index (κ2) is 9.32. The lowest BCUT2D eigenvalue weighted by Gasteiger charge is -2.16. The molecular weight excluding hydrogens is 466 g/mol. The summed E-state index contributed by atoms with van der Waals surface area (Å²) in [5, 5.41) is 12.1. The second-order valence-corrected chi connectivity index (χ2v) is 7.75. The minimum Gasteiger partial charge on any atom is -0.467 e. The third-order valence-electron chi connectivity index (χ3n) is 4.64. The third-order valence-corrected chi connectivity index (χ3v) is 4.64. The van der Waals surface area contributed by atoms with E-state index in [0.717, 1.165) is 0 Å². The number of anilines is 2. The van der Waals surface area contributed by atoms with Crippen molar-refractivity contribution in [3.8, 4) is 5.88 Å². The van der Waals surface area contributed by atoms with Crippen molar-refractivity contribution in [3.05, 3.63) is 30.2 Å². The van der Waals surface area contributed by atoms with Crippen LogP contribution in [-0.2, 0) is 9.47 Å². The first-order valence-corrected chi connectivity index (χ1v) is 10.2. The van der Waals surface area contributed by atoms with Crippen LogP contribution in [0.2, 0.25) is 0 Å². The van der Waals surface area contributed by atoms with E-state index in [1.165, 1.54) is 28.9 Å². The Labute approximate surface area is 189 Å². The number of nitrogens with one attached hydrogen (secondary N) is 3. The minimum absolute atomic E-state index is 0.129. The van der Waals surface area contributed by atoms with Crippen LogP contribution in [0.1, 0.15) is 25.6 Å². The number of hydrogen-bond donors (Lipinski definition) is 3. The van der Waals surface area contributed by atoms with Gasteiger partial charge in [-0.2, -0.15) is 23.3 Å². The Balaban J connectivity index is 1.43. The van der Waals surface area contributed by atoms with Gasteiger partial charge in [-0.15, -0.1) is 0 Å². The quantitative estimate of drug-likeness (QED) is 0.434. The fourth-order valence-electron chi connectivity index (χ4n) is 3.22. The summed E-state index contributed by atoms with van der Waals surface area (Å²) < 4.78 is 68.6. The maximum Gasteiger partial charge on any atom is 0.422 e. The zero-order valence-corrected chi connectivity index (χ0v) is 18.0. The van der Waals surface area contributed by atoms with Gasteiger partial charge in [-0.1, -0.05) is 0 Å². The molecule has 0 unspecified atom stereocenters. The van der Waals surface area contributed by atoms with Crippen LogP contribution in [0.25, 0.3) is 5.65 Å². The predicted octanol–water partition coefficient (Wildman–Crippen LogP) is 3.05. The average Bonchev–Trinajstić information content (AvgIpc) is 3.45. The highest BCUT2D eigenvalue weighted by molar-refractivity contribution is 5.67. The Hall–Kier alpha value is -3.62. The number of alkyl halides is 4. The topological polar surface area (TPSA) is 128 Å². The van der Waals surface area contributed by atoms with E-state index in [4.69, 9.17) is 9.47 Å². The summed E-state index contributed by atoms with van der Waals surface area (Å²) in [5.41, 5.74) is 0.574. The van der Waals surface area contributed by atoms with Crippen LogP contribution in [0.3, 0.4) is 0 Å². The molecule has 0 aliphatic carbocycles. The SMILES string of the molecule is CC(C)NC(=O)O[C@H]1CO[C@@H](c2cc(Nc3nccc4nc(OCC(F)(F)F)cn34)n[nH]2)[C@H]1F.